The lowest BCUT2D eigenvalue weighted by Crippen LogP contribution is -2.38. The molecule has 0 bridgehead atoms. The molecule has 1 aromatic heterocycles. The summed E-state index contributed by atoms with van der Waals surface area (Å²) in [5.41, 5.74) is 3.87. The number of nitrogens with zero attached hydrogens (tertiary/aromatic N) is 1. The molecule has 0 spiro atoms. The maximum Gasteiger partial charge on any atom is 0.190 e. The van der Waals surface area contributed by atoms with Crippen molar-refractivity contribution < 1.29 is 4.74 Å². The summed E-state index contributed by atoms with van der Waals surface area (Å²) in [6.45, 7) is 7.57. The van der Waals surface area contributed by atoms with E-state index in [2.05, 4.69) is 51.9 Å². The second-order valence-electron chi connectivity index (χ2n) is 5.89. The van der Waals surface area contributed by atoms with Gasteiger partial charge in [-0.2, -0.15) is 0 Å². The van der Waals surface area contributed by atoms with E-state index >= 15 is 0 Å². The van der Waals surface area contributed by atoms with Crippen LogP contribution in [0.1, 0.15) is 30.9 Å². The highest BCUT2D eigenvalue weighted by Crippen LogP contribution is 2.21. The zero-order valence-electron chi connectivity index (χ0n) is 15.1. The second kappa shape index (κ2) is 9.98. The van der Waals surface area contributed by atoms with Crippen LogP contribution >= 0.6 is 0 Å². The Labute approximate surface area is 144 Å². The van der Waals surface area contributed by atoms with Crippen LogP contribution in [0.2, 0.25) is 0 Å². The van der Waals surface area contributed by atoms with Crippen LogP contribution in [0.4, 0.5) is 0 Å². The number of hydrogen-bond acceptors (Lipinski definition) is 2. The SMILES string of the molecule is CCOCCCCNC(=NC)NCCc1c[nH]c2c(C)cccc12. The zero-order chi connectivity index (χ0) is 17.2. The number of aromatic nitrogens is 1. The summed E-state index contributed by atoms with van der Waals surface area (Å²) >= 11 is 0. The molecule has 5 nitrogen and oxygen atoms in total. The van der Waals surface area contributed by atoms with E-state index in [0.717, 1.165) is 51.5 Å². The number of para-hydroxylation sites is 1. The molecule has 0 atom stereocenters. The summed E-state index contributed by atoms with van der Waals surface area (Å²) < 4.78 is 5.34. The summed E-state index contributed by atoms with van der Waals surface area (Å²) in [6.07, 6.45) is 5.24. The minimum Gasteiger partial charge on any atom is -0.382 e. The van der Waals surface area contributed by atoms with Gasteiger partial charge in [-0.3, -0.25) is 4.99 Å². The number of ether oxygens (including phenoxy) is 1. The lowest BCUT2D eigenvalue weighted by molar-refractivity contribution is 0.143. The van der Waals surface area contributed by atoms with Gasteiger partial charge >= 0.3 is 0 Å². The molecule has 0 radical (unpaired) electrons. The largest absolute Gasteiger partial charge is 0.382 e. The molecule has 0 saturated carbocycles. The molecule has 132 valence electrons. The molecule has 0 unspecified atom stereocenters. The number of hydrogen-bond donors (Lipinski definition) is 3. The van der Waals surface area contributed by atoms with Gasteiger partial charge in [-0.15, -0.1) is 0 Å². The van der Waals surface area contributed by atoms with Gasteiger partial charge in [0.05, 0.1) is 0 Å². The molecule has 0 aliphatic heterocycles. The molecule has 2 aromatic rings. The molecule has 0 aliphatic rings. The summed E-state index contributed by atoms with van der Waals surface area (Å²) in [5.74, 6) is 0.863. The van der Waals surface area contributed by atoms with E-state index in [9.17, 15) is 0 Å². The van der Waals surface area contributed by atoms with E-state index < -0.39 is 0 Å². The fourth-order valence-corrected chi connectivity index (χ4v) is 2.79. The van der Waals surface area contributed by atoms with Crippen LogP contribution in [0.15, 0.2) is 29.4 Å². The smallest absolute Gasteiger partial charge is 0.190 e. The average Bonchev–Trinajstić information content (AvgIpc) is 3.01. The molecule has 0 saturated heterocycles. The Kier molecular flexibility index (Phi) is 7.62. The number of guanidine groups is 1. The number of benzene rings is 1. The third kappa shape index (κ3) is 5.27. The monoisotopic (exact) mass is 330 g/mol. The van der Waals surface area contributed by atoms with Gasteiger partial charge in [0.25, 0.3) is 0 Å². The second-order valence-corrected chi connectivity index (χ2v) is 5.89. The first kappa shape index (κ1) is 18.3. The van der Waals surface area contributed by atoms with Gasteiger partial charge in [-0.05, 0) is 44.2 Å². The van der Waals surface area contributed by atoms with Crippen LogP contribution in [0, 0.1) is 6.92 Å². The van der Waals surface area contributed by atoms with E-state index in [1.807, 2.05) is 14.0 Å². The van der Waals surface area contributed by atoms with Gasteiger partial charge < -0.3 is 20.4 Å². The minimum absolute atomic E-state index is 0.796. The van der Waals surface area contributed by atoms with E-state index in [1.165, 1.54) is 22.0 Å². The Bertz CT molecular complexity index is 648. The van der Waals surface area contributed by atoms with Crippen molar-refractivity contribution in [1.82, 2.24) is 15.6 Å². The average molecular weight is 330 g/mol. The van der Waals surface area contributed by atoms with Gasteiger partial charge in [0.15, 0.2) is 5.96 Å². The minimum atomic E-state index is 0.796. The third-order valence-electron chi connectivity index (χ3n) is 4.13. The molecule has 1 aromatic carbocycles. The van der Waals surface area contributed by atoms with Crippen molar-refractivity contribution in [2.45, 2.75) is 33.1 Å². The van der Waals surface area contributed by atoms with Gasteiger partial charge in [-0.25, -0.2) is 0 Å². The number of unbranched alkanes of at least 4 members (excludes halogenated alkanes) is 1. The van der Waals surface area contributed by atoms with Crippen LogP contribution in [-0.2, 0) is 11.2 Å². The molecule has 0 amide bonds. The number of aryl methyl sites for hydroxylation is 1. The highest BCUT2D eigenvalue weighted by Gasteiger charge is 2.05. The molecular formula is C19H30N4O. The standard InChI is InChI=1S/C19H30N4O/c1-4-24-13-6-5-11-21-19(20-3)22-12-10-16-14-23-18-15(2)8-7-9-17(16)18/h7-9,14,23H,4-6,10-13H2,1-3H3,(H2,20,21,22). The van der Waals surface area contributed by atoms with Gasteiger partial charge in [0.2, 0.25) is 0 Å². The summed E-state index contributed by atoms with van der Waals surface area (Å²) in [5, 5.41) is 8.05. The summed E-state index contributed by atoms with van der Waals surface area (Å²) in [4.78, 5) is 7.65. The van der Waals surface area contributed by atoms with Crippen LogP contribution in [0.5, 0.6) is 0 Å². The molecular weight excluding hydrogens is 300 g/mol. The highest BCUT2D eigenvalue weighted by atomic mass is 16.5. The maximum absolute atomic E-state index is 5.34. The Morgan fingerprint density at radius 2 is 2.04 bits per heavy atom. The predicted octanol–water partition coefficient (Wildman–Crippen LogP) is 3.00. The zero-order valence-corrected chi connectivity index (χ0v) is 15.1. The number of aliphatic imine (C=N–C) groups is 1. The number of rotatable bonds is 9. The van der Waals surface area contributed by atoms with E-state index in [0.29, 0.717) is 0 Å². The van der Waals surface area contributed by atoms with E-state index in [1.54, 1.807) is 0 Å². The fourth-order valence-electron chi connectivity index (χ4n) is 2.79. The Morgan fingerprint density at radius 1 is 1.21 bits per heavy atom. The van der Waals surface area contributed by atoms with Crippen molar-refractivity contribution >= 4 is 16.9 Å². The fraction of sp³-hybridized carbons (Fsp3) is 0.526. The number of fused-ring (bicyclic) bond motifs is 1. The first-order valence-electron chi connectivity index (χ1n) is 8.84. The van der Waals surface area contributed by atoms with Crippen LogP contribution in [0.3, 0.4) is 0 Å². The molecule has 5 heteroatoms. The number of nitrogens with one attached hydrogen (secondary N) is 3. The van der Waals surface area contributed by atoms with Crippen molar-refractivity contribution in [2.24, 2.45) is 4.99 Å². The Morgan fingerprint density at radius 3 is 2.83 bits per heavy atom. The predicted molar refractivity (Wildman–Crippen MR) is 102 cm³/mol. The summed E-state index contributed by atoms with van der Waals surface area (Å²) in [6, 6.07) is 6.43. The van der Waals surface area contributed by atoms with Gasteiger partial charge in [0.1, 0.15) is 0 Å². The van der Waals surface area contributed by atoms with Crippen molar-refractivity contribution in [3.63, 3.8) is 0 Å². The lowest BCUT2D eigenvalue weighted by Gasteiger charge is -2.11. The molecule has 0 fully saturated rings. The quantitative estimate of drug-likeness (QED) is 0.376. The van der Waals surface area contributed by atoms with Crippen molar-refractivity contribution in [2.75, 3.05) is 33.4 Å². The normalized spacial score (nSPS) is 11.9. The molecule has 3 N–H and O–H groups in total. The van der Waals surface area contributed by atoms with E-state index in [4.69, 9.17) is 4.74 Å². The van der Waals surface area contributed by atoms with Crippen molar-refractivity contribution in [1.29, 1.82) is 0 Å². The van der Waals surface area contributed by atoms with Gasteiger partial charge in [-0.1, -0.05) is 18.2 Å². The van der Waals surface area contributed by atoms with Crippen LogP contribution < -0.4 is 10.6 Å². The topological polar surface area (TPSA) is 61.4 Å². The van der Waals surface area contributed by atoms with Crippen LogP contribution in [-0.4, -0.2) is 44.3 Å². The first-order chi connectivity index (χ1) is 11.8. The first-order valence-corrected chi connectivity index (χ1v) is 8.84. The molecule has 1 heterocycles. The maximum atomic E-state index is 5.34. The van der Waals surface area contributed by atoms with Crippen molar-refractivity contribution in [3.8, 4) is 0 Å². The molecule has 0 aliphatic carbocycles. The Hall–Kier alpha value is -2.01. The van der Waals surface area contributed by atoms with Crippen molar-refractivity contribution in [3.05, 3.63) is 35.5 Å². The molecule has 2 rings (SSSR count). The van der Waals surface area contributed by atoms with Crippen LogP contribution in [0.25, 0.3) is 10.9 Å². The Balaban J connectivity index is 1.72. The number of H-pyrrole nitrogens is 1. The van der Waals surface area contributed by atoms with E-state index in [-0.39, 0.29) is 0 Å². The molecule has 24 heavy (non-hydrogen) atoms. The summed E-state index contributed by atoms with van der Waals surface area (Å²) in [7, 11) is 1.81. The third-order valence-corrected chi connectivity index (χ3v) is 4.13. The number of aromatic amines is 1. The van der Waals surface area contributed by atoms with Gasteiger partial charge in [0, 0.05) is 50.5 Å². The highest BCUT2D eigenvalue weighted by molar-refractivity contribution is 5.86. The lowest BCUT2D eigenvalue weighted by atomic mass is 10.1.